The highest BCUT2D eigenvalue weighted by molar-refractivity contribution is 5.54. The third-order valence-corrected chi connectivity index (χ3v) is 3.01. The van der Waals surface area contributed by atoms with Crippen LogP contribution in [0.1, 0.15) is 34.1 Å². The summed E-state index contributed by atoms with van der Waals surface area (Å²) < 4.78 is 0. The fraction of sp³-hybridized carbons (Fsp3) is 0.571. The first-order chi connectivity index (χ1) is 7.66. The molecule has 0 bridgehead atoms. The molecule has 0 saturated carbocycles. The van der Waals surface area contributed by atoms with Crippen LogP contribution in [0.2, 0.25) is 0 Å². The fourth-order valence-corrected chi connectivity index (χ4v) is 2.33. The van der Waals surface area contributed by atoms with Crippen molar-refractivity contribution in [1.82, 2.24) is 0 Å². The number of nitrogens with two attached hydrogens (primary N) is 1. The Morgan fingerprint density at radius 3 is 2.12 bits per heavy atom. The predicted octanol–water partition coefficient (Wildman–Crippen LogP) is 3.53. The quantitative estimate of drug-likeness (QED) is 0.734. The van der Waals surface area contributed by atoms with Crippen molar-refractivity contribution in [3.05, 3.63) is 24.3 Å². The molecule has 1 aromatic rings. The molecule has 0 aliphatic carbocycles. The lowest BCUT2D eigenvalue weighted by Gasteiger charge is -2.23. The van der Waals surface area contributed by atoms with Crippen LogP contribution in [0.15, 0.2) is 24.3 Å². The smallest absolute Gasteiger partial charge is 0.0370 e. The molecule has 0 spiro atoms. The van der Waals surface area contributed by atoms with E-state index in [2.05, 4.69) is 30.9 Å². The molecule has 0 amide bonds. The van der Waals surface area contributed by atoms with Crippen LogP contribution in [-0.2, 0) is 0 Å². The second-order valence-electron chi connectivity index (χ2n) is 4.43. The molecule has 2 N–H and O–H groups in total. The Labute approximate surface area is 99.5 Å². The Bertz CT molecular complexity index is 305. The third-order valence-electron chi connectivity index (χ3n) is 3.01. The number of hydrogen-bond donors (Lipinski definition) is 1. The summed E-state index contributed by atoms with van der Waals surface area (Å²) in [6.07, 6.45) is 1.30. The van der Waals surface area contributed by atoms with Crippen molar-refractivity contribution in [2.75, 3.05) is 17.2 Å². The molecule has 2 rings (SSSR count). The number of rotatable bonds is 1. The molecular formula is C14H24N2. The van der Waals surface area contributed by atoms with E-state index in [1.807, 2.05) is 26.0 Å². The van der Waals surface area contributed by atoms with Gasteiger partial charge in [-0.1, -0.05) is 20.8 Å². The molecule has 1 aromatic carbocycles. The Morgan fingerprint density at radius 2 is 1.69 bits per heavy atom. The lowest BCUT2D eigenvalue weighted by molar-refractivity contribution is 0.625. The maximum absolute atomic E-state index is 5.67. The minimum Gasteiger partial charge on any atom is -0.399 e. The number of benzene rings is 1. The largest absolute Gasteiger partial charge is 0.399 e. The molecule has 16 heavy (non-hydrogen) atoms. The number of nitrogens with zero attached hydrogens (tertiary/aromatic N) is 1. The first-order valence-electron chi connectivity index (χ1n) is 6.29. The lowest BCUT2D eigenvalue weighted by atomic mass is 10.1. The monoisotopic (exact) mass is 220 g/mol. The van der Waals surface area contributed by atoms with Crippen molar-refractivity contribution in [1.29, 1.82) is 0 Å². The van der Waals surface area contributed by atoms with E-state index in [0.29, 0.717) is 6.04 Å². The maximum atomic E-state index is 5.67. The van der Waals surface area contributed by atoms with Gasteiger partial charge in [0.05, 0.1) is 0 Å². The summed E-state index contributed by atoms with van der Waals surface area (Å²) >= 11 is 0. The van der Waals surface area contributed by atoms with Gasteiger partial charge in [-0.25, -0.2) is 0 Å². The molecule has 2 nitrogen and oxygen atoms in total. The highest BCUT2D eigenvalue weighted by Gasteiger charge is 2.25. The van der Waals surface area contributed by atoms with E-state index in [-0.39, 0.29) is 0 Å². The molecular weight excluding hydrogens is 196 g/mol. The molecule has 1 heterocycles. The van der Waals surface area contributed by atoms with E-state index >= 15 is 0 Å². The molecule has 1 saturated heterocycles. The van der Waals surface area contributed by atoms with Crippen LogP contribution in [0.25, 0.3) is 0 Å². The second-order valence-corrected chi connectivity index (χ2v) is 4.43. The van der Waals surface area contributed by atoms with Crippen molar-refractivity contribution in [2.24, 2.45) is 5.92 Å². The topological polar surface area (TPSA) is 29.3 Å². The second kappa shape index (κ2) is 5.78. The Kier molecular flexibility index (Phi) is 4.66. The normalized spacial score (nSPS) is 23.9. The van der Waals surface area contributed by atoms with Gasteiger partial charge in [0.15, 0.2) is 0 Å². The van der Waals surface area contributed by atoms with Gasteiger partial charge in [-0.3, -0.25) is 0 Å². The minimum absolute atomic E-state index is 0.661. The van der Waals surface area contributed by atoms with Gasteiger partial charge in [0.1, 0.15) is 0 Å². The summed E-state index contributed by atoms with van der Waals surface area (Å²) in [6.45, 7) is 9.78. The van der Waals surface area contributed by atoms with Gasteiger partial charge in [0.25, 0.3) is 0 Å². The molecule has 2 unspecified atom stereocenters. The predicted molar refractivity (Wildman–Crippen MR) is 72.8 cm³/mol. The first-order valence-corrected chi connectivity index (χ1v) is 6.29. The lowest BCUT2D eigenvalue weighted by Crippen LogP contribution is -2.26. The van der Waals surface area contributed by atoms with E-state index in [1.165, 1.54) is 18.7 Å². The zero-order valence-electron chi connectivity index (χ0n) is 10.9. The number of anilines is 2. The fourth-order valence-electron chi connectivity index (χ4n) is 2.33. The van der Waals surface area contributed by atoms with E-state index in [4.69, 9.17) is 5.73 Å². The van der Waals surface area contributed by atoms with E-state index in [9.17, 15) is 0 Å². The molecule has 0 aromatic heterocycles. The summed E-state index contributed by atoms with van der Waals surface area (Å²) in [5, 5.41) is 0. The zero-order chi connectivity index (χ0) is 12.1. The van der Waals surface area contributed by atoms with Gasteiger partial charge in [-0.2, -0.15) is 0 Å². The molecule has 2 heteroatoms. The van der Waals surface area contributed by atoms with Gasteiger partial charge in [-0.05, 0) is 43.5 Å². The van der Waals surface area contributed by atoms with Crippen molar-refractivity contribution in [3.63, 3.8) is 0 Å². The van der Waals surface area contributed by atoms with Crippen LogP contribution >= 0.6 is 0 Å². The molecule has 1 aliphatic rings. The van der Waals surface area contributed by atoms with Crippen molar-refractivity contribution in [2.45, 2.75) is 40.2 Å². The van der Waals surface area contributed by atoms with E-state index in [0.717, 1.165) is 11.6 Å². The number of nitrogen functional groups attached to an aromatic ring is 1. The van der Waals surface area contributed by atoms with Crippen molar-refractivity contribution >= 4 is 11.4 Å². The zero-order valence-corrected chi connectivity index (χ0v) is 10.9. The van der Waals surface area contributed by atoms with Gasteiger partial charge < -0.3 is 10.6 Å². The van der Waals surface area contributed by atoms with Crippen molar-refractivity contribution < 1.29 is 0 Å². The van der Waals surface area contributed by atoms with Gasteiger partial charge in [0.2, 0.25) is 0 Å². The van der Waals surface area contributed by atoms with Gasteiger partial charge >= 0.3 is 0 Å². The summed E-state index contributed by atoms with van der Waals surface area (Å²) in [6, 6.07) is 8.85. The maximum Gasteiger partial charge on any atom is 0.0370 e. The van der Waals surface area contributed by atoms with Crippen LogP contribution in [0, 0.1) is 5.92 Å². The van der Waals surface area contributed by atoms with E-state index < -0.39 is 0 Å². The average Bonchev–Trinajstić information content (AvgIpc) is 2.62. The van der Waals surface area contributed by atoms with Gasteiger partial charge in [-0.15, -0.1) is 0 Å². The Hall–Kier alpha value is -1.18. The van der Waals surface area contributed by atoms with Crippen LogP contribution in [-0.4, -0.2) is 12.6 Å². The van der Waals surface area contributed by atoms with Crippen LogP contribution < -0.4 is 10.6 Å². The molecule has 0 radical (unpaired) electrons. The van der Waals surface area contributed by atoms with Crippen LogP contribution in [0.5, 0.6) is 0 Å². The standard InChI is InChI=1S/C12H18N2.C2H6/c1-9-7-10(2)14(8-9)12-5-3-11(13)4-6-12;1-2/h3-6,9-10H,7-8,13H2,1-2H3;1-2H3. The minimum atomic E-state index is 0.661. The summed E-state index contributed by atoms with van der Waals surface area (Å²) in [4.78, 5) is 2.46. The SMILES string of the molecule is CC.CC1CC(C)N(c2ccc(N)cc2)C1. The highest BCUT2D eigenvalue weighted by atomic mass is 15.2. The number of hydrogen-bond acceptors (Lipinski definition) is 2. The summed E-state index contributed by atoms with van der Waals surface area (Å²) in [5.41, 5.74) is 7.81. The molecule has 1 fully saturated rings. The Balaban J connectivity index is 0.000000606. The van der Waals surface area contributed by atoms with Crippen molar-refractivity contribution in [3.8, 4) is 0 Å². The summed E-state index contributed by atoms with van der Waals surface area (Å²) in [7, 11) is 0. The first kappa shape index (κ1) is 12.9. The van der Waals surface area contributed by atoms with E-state index in [1.54, 1.807) is 0 Å². The molecule has 90 valence electrons. The third kappa shape index (κ3) is 2.91. The molecule has 1 aliphatic heterocycles. The molecule has 2 atom stereocenters. The van der Waals surface area contributed by atoms with Crippen LogP contribution in [0.3, 0.4) is 0 Å². The highest BCUT2D eigenvalue weighted by Crippen LogP contribution is 2.28. The van der Waals surface area contributed by atoms with Gasteiger partial charge in [0, 0.05) is 24.0 Å². The average molecular weight is 220 g/mol. The van der Waals surface area contributed by atoms with Crippen LogP contribution in [0.4, 0.5) is 11.4 Å². The Morgan fingerprint density at radius 1 is 1.12 bits per heavy atom. The summed E-state index contributed by atoms with van der Waals surface area (Å²) in [5.74, 6) is 0.808.